The number of ether oxygens (including phenoxy) is 2. The normalized spacial score (nSPS) is 16.8. The van der Waals surface area contributed by atoms with E-state index in [1.54, 1.807) is 90.1 Å². The molecule has 0 fully saturated rings. The fraction of sp³-hybridized carbons (Fsp3) is 0.333. The fourth-order valence-electron chi connectivity index (χ4n) is 4.87. The number of nitrogens with zero attached hydrogens (tertiary/aromatic N) is 2. The van der Waals surface area contributed by atoms with Gasteiger partial charge in [-0.2, -0.15) is 5.01 Å². The van der Waals surface area contributed by atoms with Crippen LogP contribution in [-0.4, -0.2) is 51.4 Å². The van der Waals surface area contributed by atoms with Gasteiger partial charge in [-0.1, -0.05) is 60.7 Å². The van der Waals surface area contributed by atoms with Crippen LogP contribution in [0, 0.1) is 0 Å². The Morgan fingerprint density at radius 2 is 1.42 bits per heavy atom. The molecule has 0 unspecified atom stereocenters. The zero-order chi connectivity index (χ0) is 31.6. The highest BCUT2D eigenvalue weighted by molar-refractivity contribution is 7.98. The van der Waals surface area contributed by atoms with Gasteiger partial charge in [0.05, 0.1) is 6.54 Å². The van der Waals surface area contributed by atoms with Crippen molar-refractivity contribution in [1.82, 2.24) is 15.3 Å². The number of nitrogens with one attached hydrogen (secondary N) is 1. The third-order valence-electron chi connectivity index (χ3n) is 6.55. The summed E-state index contributed by atoms with van der Waals surface area (Å²) in [6, 6.07) is 22.7. The number of rotatable bonds is 5. The van der Waals surface area contributed by atoms with E-state index in [1.807, 2.05) is 36.6 Å². The van der Waals surface area contributed by atoms with E-state index in [9.17, 15) is 14.4 Å². The molecule has 0 bridgehead atoms. The molecule has 0 radical (unpaired) electrons. The lowest BCUT2D eigenvalue weighted by molar-refractivity contribution is -0.143. The molecule has 0 spiro atoms. The molecule has 10 heteroatoms. The number of hydrazine groups is 1. The maximum absolute atomic E-state index is 15.0. The van der Waals surface area contributed by atoms with Gasteiger partial charge in [0.2, 0.25) is 0 Å². The fourth-order valence-corrected chi connectivity index (χ4v) is 5.27. The molecular weight excluding hydrogens is 566 g/mol. The molecule has 1 heterocycles. The molecule has 0 saturated heterocycles. The number of fused-ring (bicyclic) bond motifs is 1. The summed E-state index contributed by atoms with van der Waals surface area (Å²) < 4.78 is 11.3. The summed E-state index contributed by atoms with van der Waals surface area (Å²) in [5.41, 5.74) is 0.0478. The van der Waals surface area contributed by atoms with Crippen LogP contribution in [0.1, 0.15) is 68.6 Å². The number of carbonyl (C=O) groups excluding carboxylic acids is 4. The van der Waals surface area contributed by atoms with Crippen LogP contribution >= 0.6 is 11.8 Å². The first-order valence-corrected chi connectivity index (χ1v) is 15.1. The molecule has 4 rings (SSSR count). The molecule has 1 aliphatic heterocycles. The molecule has 0 saturated carbocycles. The molecule has 226 valence electrons. The molecule has 9 nitrogen and oxygen atoms in total. The standard InChI is InChI=1S/C33H37N3O6S/c1-31(2,3)41-29(39)34-36(30(40)42-32(4,5)6)33(23-17-19-24(43-7)20-18-23)26-16-12-11-15-25(26)27(37)35(28(33)38)21-22-13-9-8-10-14-22/h8-20H,21H2,1-7H3,(H,34,39)/t33-/m0/s1. The maximum Gasteiger partial charge on any atom is 0.431 e. The van der Waals surface area contributed by atoms with Crippen molar-refractivity contribution < 1.29 is 28.7 Å². The minimum absolute atomic E-state index is 0.0634. The zero-order valence-corrected chi connectivity index (χ0v) is 26.3. The average molecular weight is 604 g/mol. The number of benzene rings is 3. The Balaban J connectivity index is 2.04. The highest BCUT2D eigenvalue weighted by Gasteiger charge is 2.59. The Hall–Kier alpha value is -4.31. The number of carbonyl (C=O) groups is 4. The molecular formula is C33H37N3O6S. The highest BCUT2D eigenvalue weighted by atomic mass is 32.2. The molecule has 1 N–H and O–H groups in total. The van der Waals surface area contributed by atoms with Crippen LogP contribution in [0.2, 0.25) is 0 Å². The van der Waals surface area contributed by atoms with Crippen molar-refractivity contribution in [2.75, 3.05) is 6.26 Å². The molecule has 1 atom stereocenters. The van der Waals surface area contributed by atoms with Crippen molar-refractivity contribution in [3.8, 4) is 0 Å². The van der Waals surface area contributed by atoms with Gasteiger partial charge in [0.25, 0.3) is 11.8 Å². The molecule has 3 aromatic rings. The van der Waals surface area contributed by atoms with E-state index in [0.29, 0.717) is 11.1 Å². The average Bonchev–Trinajstić information content (AvgIpc) is 2.94. The summed E-state index contributed by atoms with van der Waals surface area (Å²) in [5, 5.41) is 0.867. The smallest absolute Gasteiger partial charge is 0.431 e. The van der Waals surface area contributed by atoms with Crippen LogP contribution in [0.4, 0.5) is 9.59 Å². The van der Waals surface area contributed by atoms with Crippen LogP contribution in [0.3, 0.4) is 0 Å². The highest BCUT2D eigenvalue weighted by Crippen LogP contribution is 2.44. The van der Waals surface area contributed by atoms with Crippen LogP contribution in [-0.2, 0) is 26.4 Å². The van der Waals surface area contributed by atoms with E-state index >= 15 is 4.79 Å². The minimum atomic E-state index is -2.05. The third-order valence-corrected chi connectivity index (χ3v) is 7.30. The second-order valence-corrected chi connectivity index (χ2v) is 13.0. The van der Waals surface area contributed by atoms with Crippen molar-refractivity contribution >= 4 is 35.8 Å². The van der Waals surface area contributed by atoms with Crippen molar-refractivity contribution in [2.45, 2.75) is 69.7 Å². The van der Waals surface area contributed by atoms with Gasteiger partial charge in [-0.05, 0) is 77.1 Å². The molecule has 0 aromatic heterocycles. The van der Waals surface area contributed by atoms with E-state index < -0.39 is 40.7 Å². The number of amides is 4. The van der Waals surface area contributed by atoms with E-state index in [1.165, 1.54) is 11.8 Å². The Labute approximate surface area is 256 Å². The van der Waals surface area contributed by atoms with Crippen molar-refractivity contribution in [3.63, 3.8) is 0 Å². The largest absolute Gasteiger partial charge is 0.443 e. The maximum atomic E-state index is 15.0. The lowest BCUT2D eigenvalue weighted by Crippen LogP contribution is -2.68. The second-order valence-electron chi connectivity index (χ2n) is 12.1. The summed E-state index contributed by atoms with van der Waals surface area (Å²) in [5.74, 6) is -1.26. The Morgan fingerprint density at radius 1 is 0.837 bits per heavy atom. The number of imide groups is 1. The summed E-state index contributed by atoms with van der Waals surface area (Å²) in [6.45, 7) is 10.0. The summed E-state index contributed by atoms with van der Waals surface area (Å²) >= 11 is 1.51. The summed E-state index contributed by atoms with van der Waals surface area (Å²) in [6.07, 6.45) is -0.0666. The summed E-state index contributed by atoms with van der Waals surface area (Å²) in [7, 11) is 0. The lowest BCUT2D eigenvalue weighted by atomic mass is 9.75. The van der Waals surface area contributed by atoms with Crippen molar-refractivity contribution in [2.24, 2.45) is 0 Å². The van der Waals surface area contributed by atoms with Gasteiger partial charge >= 0.3 is 12.2 Å². The van der Waals surface area contributed by atoms with E-state index in [0.717, 1.165) is 14.8 Å². The molecule has 0 aliphatic carbocycles. The number of hydrogen-bond donors (Lipinski definition) is 1. The zero-order valence-electron chi connectivity index (χ0n) is 25.5. The topological polar surface area (TPSA) is 105 Å². The van der Waals surface area contributed by atoms with Gasteiger partial charge in [-0.3, -0.25) is 14.5 Å². The van der Waals surface area contributed by atoms with Crippen LogP contribution in [0.15, 0.2) is 83.8 Å². The predicted octanol–water partition coefficient (Wildman–Crippen LogP) is 6.51. The molecule has 1 aliphatic rings. The van der Waals surface area contributed by atoms with E-state index in [2.05, 4.69) is 5.43 Å². The van der Waals surface area contributed by atoms with Crippen molar-refractivity contribution in [3.05, 3.63) is 101 Å². The number of thioether (sulfide) groups is 1. The SMILES string of the molecule is CSc1ccc([C@@]2(N(NC(=O)OC(C)(C)C)C(=O)OC(C)(C)C)C(=O)N(Cc3ccccc3)C(=O)c3ccccc32)cc1. The van der Waals surface area contributed by atoms with E-state index in [4.69, 9.17) is 9.47 Å². The summed E-state index contributed by atoms with van der Waals surface area (Å²) in [4.78, 5) is 58.4. The monoisotopic (exact) mass is 603 g/mol. The predicted molar refractivity (Wildman–Crippen MR) is 164 cm³/mol. The van der Waals surface area contributed by atoms with E-state index in [-0.39, 0.29) is 17.7 Å². The first kappa shape index (κ1) is 31.6. The van der Waals surface area contributed by atoms with Crippen LogP contribution < -0.4 is 5.43 Å². The molecule has 4 amide bonds. The second kappa shape index (κ2) is 12.1. The Bertz CT molecular complexity index is 1510. The van der Waals surface area contributed by atoms with Gasteiger partial charge in [0, 0.05) is 16.0 Å². The first-order valence-electron chi connectivity index (χ1n) is 13.8. The van der Waals surface area contributed by atoms with Crippen LogP contribution in [0.5, 0.6) is 0 Å². The molecule has 43 heavy (non-hydrogen) atoms. The minimum Gasteiger partial charge on any atom is -0.443 e. The van der Waals surface area contributed by atoms with Gasteiger partial charge in [0.1, 0.15) is 11.2 Å². The Kier molecular flexibility index (Phi) is 8.92. The van der Waals surface area contributed by atoms with Crippen LogP contribution in [0.25, 0.3) is 0 Å². The van der Waals surface area contributed by atoms with Gasteiger partial charge in [-0.15, -0.1) is 11.8 Å². The Morgan fingerprint density at radius 3 is 2.00 bits per heavy atom. The lowest BCUT2D eigenvalue weighted by Gasteiger charge is -2.47. The quantitative estimate of drug-likeness (QED) is 0.201. The van der Waals surface area contributed by atoms with Gasteiger partial charge < -0.3 is 9.47 Å². The first-order chi connectivity index (χ1) is 20.2. The van der Waals surface area contributed by atoms with Gasteiger partial charge in [-0.25, -0.2) is 15.0 Å². The van der Waals surface area contributed by atoms with Gasteiger partial charge in [0.15, 0.2) is 5.54 Å². The third kappa shape index (κ3) is 6.69. The number of hydrogen-bond acceptors (Lipinski definition) is 7. The molecule has 3 aromatic carbocycles. The van der Waals surface area contributed by atoms with Crippen molar-refractivity contribution in [1.29, 1.82) is 0 Å².